The average Bonchev–Trinajstić information content (AvgIpc) is 3.28. The Balaban J connectivity index is 4.44. The van der Waals surface area contributed by atoms with Gasteiger partial charge in [-0.2, -0.15) is 0 Å². The fraction of sp³-hybridized carbons (Fsp3) is 0.772. The first-order valence-corrected chi connectivity index (χ1v) is 26.8. The molecule has 6 nitrogen and oxygen atoms in total. The summed E-state index contributed by atoms with van der Waals surface area (Å²) in [6, 6.07) is 0. The Labute approximate surface area is 390 Å². The molecule has 0 N–H and O–H groups in total. The maximum absolute atomic E-state index is 12.8. The molecule has 0 aromatic heterocycles. The Morgan fingerprint density at radius 3 is 0.937 bits per heavy atom. The summed E-state index contributed by atoms with van der Waals surface area (Å²) in [5.74, 6) is -0.922. The maximum Gasteiger partial charge on any atom is 0.306 e. The summed E-state index contributed by atoms with van der Waals surface area (Å²) in [6.07, 6.45) is 63.4. The fourth-order valence-corrected chi connectivity index (χ4v) is 7.38. The van der Waals surface area contributed by atoms with Crippen LogP contribution in [0.4, 0.5) is 0 Å². The number of unbranched alkanes of at least 4 members (excludes halogenated alkanes) is 27. The van der Waals surface area contributed by atoms with Gasteiger partial charge in [0.25, 0.3) is 0 Å². The van der Waals surface area contributed by atoms with Crippen molar-refractivity contribution >= 4 is 17.9 Å². The SMILES string of the molecule is CCCCC/C=C/C/C=C/C/C=C/CCCCCCC(=O)OC[C@@H](COC(=O)CCCCCCC/C=C/CCCCCCC)OC(=O)CCCCCCC/C=C/CCCCCCC. The highest BCUT2D eigenvalue weighted by Gasteiger charge is 2.19. The zero-order valence-corrected chi connectivity index (χ0v) is 41.6. The average molecular weight is 881 g/mol. The molecule has 0 saturated carbocycles. The summed E-state index contributed by atoms with van der Waals surface area (Å²) in [4.78, 5) is 38.0. The molecule has 0 rings (SSSR count). The fourth-order valence-electron chi connectivity index (χ4n) is 7.38. The third-order valence-electron chi connectivity index (χ3n) is 11.5. The predicted octanol–water partition coefficient (Wildman–Crippen LogP) is 17.6. The third-order valence-corrected chi connectivity index (χ3v) is 11.5. The van der Waals surface area contributed by atoms with Crippen molar-refractivity contribution in [3.63, 3.8) is 0 Å². The van der Waals surface area contributed by atoms with Crippen molar-refractivity contribution in [2.75, 3.05) is 13.2 Å². The summed E-state index contributed by atoms with van der Waals surface area (Å²) < 4.78 is 16.8. The quantitative estimate of drug-likeness (QED) is 0.0262. The van der Waals surface area contributed by atoms with Crippen LogP contribution in [0.1, 0.15) is 265 Å². The molecular weight excluding hydrogens is 781 g/mol. The molecular formula is C57H100O6. The van der Waals surface area contributed by atoms with E-state index in [2.05, 4.69) is 81.5 Å². The van der Waals surface area contributed by atoms with Crippen molar-refractivity contribution in [1.82, 2.24) is 0 Å². The van der Waals surface area contributed by atoms with Gasteiger partial charge in [0.1, 0.15) is 13.2 Å². The van der Waals surface area contributed by atoms with Gasteiger partial charge in [-0.15, -0.1) is 0 Å². The van der Waals surface area contributed by atoms with E-state index in [1.54, 1.807) is 0 Å². The lowest BCUT2D eigenvalue weighted by atomic mass is 10.1. The number of rotatable bonds is 48. The minimum absolute atomic E-state index is 0.0888. The van der Waals surface area contributed by atoms with E-state index in [1.807, 2.05) is 0 Å². The van der Waals surface area contributed by atoms with Crippen molar-refractivity contribution in [3.8, 4) is 0 Å². The third kappa shape index (κ3) is 50.0. The molecule has 1 atom stereocenters. The first-order chi connectivity index (χ1) is 31.0. The van der Waals surface area contributed by atoms with Crippen LogP contribution in [0.25, 0.3) is 0 Å². The van der Waals surface area contributed by atoms with Gasteiger partial charge in [0, 0.05) is 19.3 Å². The molecule has 0 radical (unpaired) electrons. The molecule has 364 valence electrons. The summed E-state index contributed by atoms with van der Waals surface area (Å²) >= 11 is 0. The van der Waals surface area contributed by atoms with E-state index < -0.39 is 6.10 Å². The van der Waals surface area contributed by atoms with Gasteiger partial charge in [0.15, 0.2) is 6.10 Å². The number of esters is 3. The molecule has 0 amide bonds. The van der Waals surface area contributed by atoms with Gasteiger partial charge in [-0.3, -0.25) is 14.4 Å². The summed E-state index contributed by atoms with van der Waals surface area (Å²) in [5.41, 5.74) is 0. The first-order valence-electron chi connectivity index (χ1n) is 26.8. The molecule has 0 aromatic carbocycles. The molecule has 0 spiro atoms. The Morgan fingerprint density at radius 2 is 0.571 bits per heavy atom. The number of ether oxygens (including phenoxy) is 3. The molecule has 63 heavy (non-hydrogen) atoms. The molecule has 0 unspecified atom stereocenters. The second-order valence-electron chi connectivity index (χ2n) is 17.8. The van der Waals surface area contributed by atoms with Crippen molar-refractivity contribution in [2.24, 2.45) is 0 Å². The van der Waals surface area contributed by atoms with Gasteiger partial charge in [0.05, 0.1) is 0 Å². The van der Waals surface area contributed by atoms with Gasteiger partial charge in [0.2, 0.25) is 0 Å². The van der Waals surface area contributed by atoms with Crippen LogP contribution < -0.4 is 0 Å². The van der Waals surface area contributed by atoms with Gasteiger partial charge in [-0.05, 0) is 109 Å². The topological polar surface area (TPSA) is 78.9 Å². The molecule has 0 aliphatic heterocycles. The van der Waals surface area contributed by atoms with Crippen LogP contribution in [0.15, 0.2) is 60.8 Å². The number of hydrogen-bond acceptors (Lipinski definition) is 6. The minimum Gasteiger partial charge on any atom is -0.462 e. The van der Waals surface area contributed by atoms with E-state index in [4.69, 9.17) is 14.2 Å². The molecule has 0 heterocycles. The Kier molecular flexibility index (Phi) is 49.4. The van der Waals surface area contributed by atoms with Crippen LogP contribution in [0.5, 0.6) is 0 Å². The monoisotopic (exact) mass is 881 g/mol. The smallest absolute Gasteiger partial charge is 0.306 e. The van der Waals surface area contributed by atoms with Crippen molar-refractivity contribution in [2.45, 2.75) is 271 Å². The molecule has 0 bridgehead atoms. The van der Waals surface area contributed by atoms with Crippen LogP contribution in [-0.4, -0.2) is 37.2 Å². The van der Waals surface area contributed by atoms with Crippen molar-refractivity contribution in [3.05, 3.63) is 60.8 Å². The van der Waals surface area contributed by atoms with Crippen LogP contribution in [0.3, 0.4) is 0 Å². The van der Waals surface area contributed by atoms with Crippen molar-refractivity contribution in [1.29, 1.82) is 0 Å². The van der Waals surface area contributed by atoms with Gasteiger partial charge >= 0.3 is 17.9 Å². The standard InChI is InChI=1S/C57H100O6/c1-4-7-10-13-16-19-22-25-28-29-30-33-35-38-41-44-47-50-56(59)62-53-54(63-57(60)51-48-45-42-39-36-32-27-24-21-18-15-12-9-6-3)52-61-55(58)49-46-43-40-37-34-31-26-23-20-17-14-11-8-5-2/h16,19,23-28,30,33,54H,4-15,17-18,20-22,29,31-32,34-53H2,1-3H3/b19-16+,26-23+,27-24+,28-25+,33-30+/t54-/m1/s1. The molecule has 6 heteroatoms. The molecule has 0 aliphatic rings. The highest BCUT2D eigenvalue weighted by Crippen LogP contribution is 2.14. The van der Waals surface area contributed by atoms with Gasteiger partial charge < -0.3 is 14.2 Å². The van der Waals surface area contributed by atoms with E-state index in [0.717, 1.165) is 103 Å². The van der Waals surface area contributed by atoms with Crippen LogP contribution in [0.2, 0.25) is 0 Å². The molecule has 0 saturated heterocycles. The molecule has 0 aliphatic carbocycles. The maximum atomic E-state index is 12.8. The lowest BCUT2D eigenvalue weighted by molar-refractivity contribution is -0.167. The lowest BCUT2D eigenvalue weighted by Crippen LogP contribution is -2.30. The Bertz CT molecular complexity index is 1150. The molecule has 0 fully saturated rings. The van der Waals surface area contributed by atoms with Crippen LogP contribution in [-0.2, 0) is 28.6 Å². The highest BCUT2D eigenvalue weighted by molar-refractivity contribution is 5.71. The van der Waals surface area contributed by atoms with Gasteiger partial charge in [-0.25, -0.2) is 0 Å². The number of carbonyl (C=O) groups excluding carboxylic acids is 3. The summed E-state index contributed by atoms with van der Waals surface area (Å²) in [5, 5.41) is 0. The zero-order chi connectivity index (χ0) is 45.8. The largest absolute Gasteiger partial charge is 0.462 e. The summed E-state index contributed by atoms with van der Waals surface area (Å²) in [7, 11) is 0. The number of carbonyl (C=O) groups is 3. The van der Waals surface area contributed by atoms with Crippen molar-refractivity contribution < 1.29 is 28.6 Å². The predicted molar refractivity (Wildman–Crippen MR) is 270 cm³/mol. The Morgan fingerprint density at radius 1 is 0.317 bits per heavy atom. The van der Waals surface area contributed by atoms with Crippen LogP contribution >= 0.6 is 0 Å². The van der Waals surface area contributed by atoms with E-state index in [9.17, 15) is 14.4 Å². The Hall–Kier alpha value is -2.89. The van der Waals surface area contributed by atoms with Crippen LogP contribution in [0, 0.1) is 0 Å². The normalized spacial score (nSPS) is 12.5. The second kappa shape index (κ2) is 51.7. The zero-order valence-electron chi connectivity index (χ0n) is 41.6. The van der Waals surface area contributed by atoms with E-state index in [-0.39, 0.29) is 31.1 Å². The first kappa shape index (κ1) is 60.1. The second-order valence-corrected chi connectivity index (χ2v) is 17.8. The van der Waals surface area contributed by atoms with E-state index in [1.165, 1.54) is 122 Å². The molecule has 0 aromatic rings. The minimum atomic E-state index is -0.790. The highest BCUT2D eigenvalue weighted by atomic mass is 16.6. The van der Waals surface area contributed by atoms with E-state index in [0.29, 0.717) is 19.3 Å². The summed E-state index contributed by atoms with van der Waals surface area (Å²) in [6.45, 7) is 6.57. The number of hydrogen-bond donors (Lipinski definition) is 0. The lowest BCUT2D eigenvalue weighted by Gasteiger charge is -2.18. The van der Waals surface area contributed by atoms with E-state index >= 15 is 0 Å². The van der Waals surface area contributed by atoms with Gasteiger partial charge in [-0.1, -0.05) is 197 Å². The number of allylic oxidation sites excluding steroid dienone is 10.